The first kappa shape index (κ1) is 10.4. The van der Waals surface area contributed by atoms with Crippen LogP contribution in [0.15, 0.2) is 0 Å². The van der Waals surface area contributed by atoms with Crippen molar-refractivity contribution in [2.45, 2.75) is 51.0 Å². The third kappa shape index (κ3) is 2.48. The molecule has 1 heterocycles. The van der Waals surface area contributed by atoms with Crippen LogP contribution < -0.4 is 5.73 Å². The van der Waals surface area contributed by atoms with Crippen LogP contribution >= 0.6 is 0 Å². The quantitative estimate of drug-likeness (QED) is 0.745. The zero-order valence-electron chi connectivity index (χ0n) is 9.25. The summed E-state index contributed by atoms with van der Waals surface area (Å²) < 4.78 is 0. The molecule has 1 aliphatic heterocycles. The van der Waals surface area contributed by atoms with Gasteiger partial charge in [-0.2, -0.15) is 0 Å². The van der Waals surface area contributed by atoms with E-state index >= 15 is 0 Å². The van der Waals surface area contributed by atoms with E-state index in [0.717, 1.165) is 18.5 Å². The van der Waals surface area contributed by atoms with E-state index in [1.165, 1.54) is 58.0 Å². The van der Waals surface area contributed by atoms with Crippen LogP contribution in [0.1, 0.15) is 44.9 Å². The van der Waals surface area contributed by atoms with Crippen LogP contribution in [0.3, 0.4) is 0 Å². The Morgan fingerprint density at radius 2 is 1.79 bits per heavy atom. The highest BCUT2D eigenvalue weighted by Gasteiger charge is 2.28. The lowest BCUT2D eigenvalue weighted by Crippen LogP contribution is -2.44. The van der Waals surface area contributed by atoms with Gasteiger partial charge in [0, 0.05) is 6.04 Å². The van der Waals surface area contributed by atoms with Crippen molar-refractivity contribution in [2.24, 2.45) is 11.7 Å². The Morgan fingerprint density at radius 3 is 2.29 bits per heavy atom. The molecule has 14 heavy (non-hydrogen) atoms. The zero-order chi connectivity index (χ0) is 9.80. The van der Waals surface area contributed by atoms with Crippen LogP contribution in [0.2, 0.25) is 0 Å². The van der Waals surface area contributed by atoms with Crippen LogP contribution in [0, 0.1) is 5.92 Å². The average molecular weight is 196 g/mol. The lowest BCUT2D eigenvalue weighted by atomic mass is 9.86. The van der Waals surface area contributed by atoms with Gasteiger partial charge in [0.15, 0.2) is 0 Å². The van der Waals surface area contributed by atoms with Crippen LogP contribution in [-0.2, 0) is 0 Å². The lowest BCUT2D eigenvalue weighted by Gasteiger charge is -2.41. The Morgan fingerprint density at radius 1 is 1.07 bits per heavy atom. The number of nitrogens with zero attached hydrogens (tertiary/aromatic N) is 1. The van der Waals surface area contributed by atoms with Crippen molar-refractivity contribution in [3.8, 4) is 0 Å². The van der Waals surface area contributed by atoms with Gasteiger partial charge >= 0.3 is 0 Å². The smallest absolute Gasteiger partial charge is 0.00952 e. The van der Waals surface area contributed by atoms with Gasteiger partial charge in [-0.1, -0.05) is 6.42 Å². The zero-order valence-corrected chi connectivity index (χ0v) is 9.25. The molecular formula is C12H24N2. The van der Waals surface area contributed by atoms with Gasteiger partial charge in [-0.15, -0.1) is 0 Å². The van der Waals surface area contributed by atoms with E-state index in [-0.39, 0.29) is 0 Å². The second-order valence-electron chi connectivity index (χ2n) is 4.99. The van der Waals surface area contributed by atoms with Crippen molar-refractivity contribution in [1.29, 1.82) is 0 Å². The lowest BCUT2D eigenvalue weighted by molar-refractivity contribution is 0.0824. The minimum atomic E-state index is 0.878. The summed E-state index contributed by atoms with van der Waals surface area (Å²) in [4.78, 5) is 2.72. The van der Waals surface area contributed by atoms with E-state index in [1.807, 2.05) is 0 Å². The van der Waals surface area contributed by atoms with Crippen molar-refractivity contribution in [3.05, 3.63) is 0 Å². The van der Waals surface area contributed by atoms with Crippen LogP contribution in [0.5, 0.6) is 0 Å². The number of hydrogen-bond donors (Lipinski definition) is 1. The maximum Gasteiger partial charge on any atom is 0.00952 e. The van der Waals surface area contributed by atoms with Crippen LogP contribution in [-0.4, -0.2) is 30.6 Å². The molecule has 0 atom stereocenters. The highest BCUT2D eigenvalue weighted by Crippen LogP contribution is 2.30. The van der Waals surface area contributed by atoms with E-state index in [9.17, 15) is 0 Å². The van der Waals surface area contributed by atoms with Crippen molar-refractivity contribution in [2.75, 3.05) is 19.6 Å². The summed E-state index contributed by atoms with van der Waals surface area (Å²) in [5.41, 5.74) is 5.54. The van der Waals surface area contributed by atoms with E-state index in [0.29, 0.717) is 0 Å². The largest absolute Gasteiger partial charge is 0.330 e. The Hall–Kier alpha value is -0.0800. The van der Waals surface area contributed by atoms with Gasteiger partial charge in [-0.05, 0) is 64.1 Å². The summed E-state index contributed by atoms with van der Waals surface area (Å²) in [7, 11) is 0. The van der Waals surface area contributed by atoms with Gasteiger partial charge < -0.3 is 10.6 Å². The second kappa shape index (κ2) is 5.13. The second-order valence-corrected chi connectivity index (χ2v) is 4.99. The van der Waals surface area contributed by atoms with Gasteiger partial charge in [-0.3, -0.25) is 0 Å². The molecule has 1 aliphatic carbocycles. The fourth-order valence-corrected chi connectivity index (χ4v) is 2.77. The molecule has 0 spiro atoms. The van der Waals surface area contributed by atoms with E-state index in [2.05, 4.69) is 4.90 Å². The summed E-state index contributed by atoms with van der Waals surface area (Å²) in [6, 6.07) is 0.963. The van der Waals surface area contributed by atoms with E-state index in [4.69, 9.17) is 5.73 Å². The van der Waals surface area contributed by atoms with Gasteiger partial charge in [0.05, 0.1) is 0 Å². The number of hydrogen-bond acceptors (Lipinski definition) is 2. The third-order valence-corrected chi connectivity index (χ3v) is 4.06. The molecule has 0 aromatic carbocycles. The molecule has 2 rings (SSSR count). The van der Waals surface area contributed by atoms with E-state index in [1.54, 1.807) is 0 Å². The van der Waals surface area contributed by atoms with Crippen LogP contribution in [0.4, 0.5) is 0 Å². The van der Waals surface area contributed by atoms with Gasteiger partial charge in [0.1, 0.15) is 0 Å². The SMILES string of the molecule is NCCCC1CCN(C2CCC2)CC1. The molecule has 0 amide bonds. The summed E-state index contributed by atoms with van der Waals surface area (Å²) in [5, 5.41) is 0. The molecule has 1 saturated heterocycles. The summed E-state index contributed by atoms with van der Waals surface area (Å²) in [6.07, 6.45) is 9.86. The van der Waals surface area contributed by atoms with Crippen molar-refractivity contribution < 1.29 is 0 Å². The predicted molar refractivity (Wildman–Crippen MR) is 60.2 cm³/mol. The maximum atomic E-state index is 5.54. The molecule has 2 nitrogen and oxygen atoms in total. The Kier molecular flexibility index (Phi) is 3.82. The molecule has 0 aromatic rings. The fraction of sp³-hybridized carbons (Fsp3) is 1.00. The highest BCUT2D eigenvalue weighted by atomic mass is 15.2. The molecule has 2 N–H and O–H groups in total. The minimum absolute atomic E-state index is 0.878. The Bertz CT molecular complexity index is 158. The number of nitrogens with two attached hydrogens (primary N) is 1. The molecular weight excluding hydrogens is 172 g/mol. The monoisotopic (exact) mass is 196 g/mol. The Balaban J connectivity index is 1.64. The first-order valence-corrected chi connectivity index (χ1v) is 6.34. The number of piperidine rings is 1. The van der Waals surface area contributed by atoms with Crippen molar-refractivity contribution in [3.63, 3.8) is 0 Å². The maximum absolute atomic E-state index is 5.54. The minimum Gasteiger partial charge on any atom is -0.330 e. The number of likely N-dealkylation sites (tertiary alicyclic amines) is 1. The first-order chi connectivity index (χ1) is 6.90. The molecule has 0 unspecified atom stereocenters. The van der Waals surface area contributed by atoms with Gasteiger partial charge in [-0.25, -0.2) is 0 Å². The Labute approximate surface area is 87.8 Å². The predicted octanol–water partition coefficient (Wildman–Crippen LogP) is 1.99. The van der Waals surface area contributed by atoms with Crippen molar-refractivity contribution in [1.82, 2.24) is 4.90 Å². The topological polar surface area (TPSA) is 29.3 Å². The van der Waals surface area contributed by atoms with Crippen molar-refractivity contribution >= 4 is 0 Å². The first-order valence-electron chi connectivity index (χ1n) is 6.34. The molecule has 0 radical (unpaired) electrons. The highest BCUT2D eigenvalue weighted by molar-refractivity contribution is 4.83. The molecule has 2 fully saturated rings. The van der Waals surface area contributed by atoms with E-state index < -0.39 is 0 Å². The van der Waals surface area contributed by atoms with Gasteiger partial charge in [0.25, 0.3) is 0 Å². The van der Waals surface area contributed by atoms with Crippen LogP contribution in [0.25, 0.3) is 0 Å². The normalized spacial score (nSPS) is 26.4. The summed E-state index contributed by atoms with van der Waals surface area (Å²) in [6.45, 7) is 3.60. The molecule has 2 aliphatic rings. The standard InChI is InChI=1S/C12H24N2/c13-8-2-3-11-6-9-14(10-7-11)12-4-1-5-12/h11-12H,1-10,13H2. The average Bonchev–Trinajstić information content (AvgIpc) is 2.14. The number of rotatable bonds is 4. The molecule has 0 bridgehead atoms. The molecule has 82 valence electrons. The molecule has 1 saturated carbocycles. The summed E-state index contributed by atoms with van der Waals surface area (Å²) >= 11 is 0. The third-order valence-electron chi connectivity index (χ3n) is 4.06. The summed E-state index contributed by atoms with van der Waals surface area (Å²) in [5.74, 6) is 0.981. The van der Waals surface area contributed by atoms with Gasteiger partial charge in [0.2, 0.25) is 0 Å². The molecule has 0 aromatic heterocycles. The molecule has 2 heteroatoms. The fourth-order valence-electron chi connectivity index (χ4n) is 2.77.